The van der Waals surface area contributed by atoms with Gasteiger partial charge in [-0.25, -0.2) is 4.68 Å². The van der Waals surface area contributed by atoms with Gasteiger partial charge < -0.3 is 9.88 Å². The Morgan fingerprint density at radius 2 is 1.96 bits per heavy atom. The zero-order valence-corrected chi connectivity index (χ0v) is 14.9. The van der Waals surface area contributed by atoms with Crippen LogP contribution in [-0.4, -0.2) is 35.8 Å². The predicted octanol–water partition coefficient (Wildman–Crippen LogP) is 1.34. The molecule has 0 bridgehead atoms. The largest absolute Gasteiger partial charge is 0.319 e. The third kappa shape index (κ3) is 3.36. The number of amides is 1. The first-order valence-electron chi connectivity index (χ1n) is 7.59. The van der Waals surface area contributed by atoms with Crippen LogP contribution in [0.15, 0.2) is 46.6 Å². The number of hydrogen-bond acceptors (Lipinski definition) is 5. The van der Waals surface area contributed by atoms with Crippen molar-refractivity contribution in [2.24, 2.45) is 14.1 Å². The van der Waals surface area contributed by atoms with Crippen molar-refractivity contribution in [3.05, 3.63) is 52.7 Å². The fourth-order valence-electron chi connectivity index (χ4n) is 2.42. The molecule has 130 valence electrons. The summed E-state index contributed by atoms with van der Waals surface area (Å²) in [5.74, 6) is -0.120. The molecule has 1 amide bonds. The number of hydrogen-bond donors (Lipinski definition) is 1. The Morgan fingerprint density at radius 3 is 2.60 bits per heavy atom. The minimum absolute atomic E-state index is 0.144. The molecule has 25 heavy (non-hydrogen) atoms. The molecule has 0 saturated heterocycles. The van der Waals surface area contributed by atoms with Gasteiger partial charge in [-0.3, -0.25) is 14.3 Å². The summed E-state index contributed by atoms with van der Waals surface area (Å²) < 4.78 is 4.98. The molecule has 1 N–H and O–H groups in total. The van der Waals surface area contributed by atoms with Gasteiger partial charge in [-0.2, -0.15) is 0 Å². The fourth-order valence-corrected chi connectivity index (χ4v) is 3.11. The van der Waals surface area contributed by atoms with Gasteiger partial charge in [0.15, 0.2) is 5.16 Å². The number of carbonyl (C=O) groups is 1. The summed E-state index contributed by atoms with van der Waals surface area (Å²) in [5.41, 5.74) is 1.45. The van der Waals surface area contributed by atoms with Crippen LogP contribution in [0.5, 0.6) is 0 Å². The molecule has 0 atom stereocenters. The highest BCUT2D eigenvalue weighted by Gasteiger charge is 2.18. The van der Waals surface area contributed by atoms with Gasteiger partial charge >= 0.3 is 0 Å². The molecule has 2 heterocycles. The first-order chi connectivity index (χ1) is 12.0. The summed E-state index contributed by atoms with van der Waals surface area (Å²) in [6.07, 6.45) is 1.57. The van der Waals surface area contributed by atoms with E-state index < -0.39 is 0 Å². The van der Waals surface area contributed by atoms with E-state index >= 15 is 0 Å². The van der Waals surface area contributed by atoms with Gasteiger partial charge in [-0.05, 0) is 19.1 Å². The number of anilines is 1. The van der Waals surface area contributed by atoms with Crippen LogP contribution in [0, 0.1) is 6.92 Å². The van der Waals surface area contributed by atoms with Crippen molar-refractivity contribution < 1.29 is 4.79 Å². The number of para-hydroxylation sites is 1. The number of aromatic nitrogens is 5. The van der Waals surface area contributed by atoms with Crippen molar-refractivity contribution in [1.29, 1.82) is 0 Å². The molecule has 0 spiro atoms. The Bertz CT molecular complexity index is 957. The van der Waals surface area contributed by atoms with Crippen molar-refractivity contribution >= 4 is 23.4 Å². The van der Waals surface area contributed by atoms with Crippen LogP contribution in [0.25, 0.3) is 5.69 Å². The Morgan fingerprint density at radius 1 is 1.24 bits per heavy atom. The zero-order valence-electron chi connectivity index (χ0n) is 14.1. The van der Waals surface area contributed by atoms with E-state index in [1.165, 1.54) is 16.4 Å². The first-order valence-corrected chi connectivity index (χ1v) is 8.58. The van der Waals surface area contributed by atoms with Crippen molar-refractivity contribution in [3.63, 3.8) is 0 Å². The van der Waals surface area contributed by atoms with Crippen LogP contribution < -0.4 is 10.9 Å². The summed E-state index contributed by atoms with van der Waals surface area (Å²) in [4.78, 5) is 25.0. The van der Waals surface area contributed by atoms with Crippen molar-refractivity contribution in [2.45, 2.75) is 12.1 Å². The predicted molar refractivity (Wildman–Crippen MR) is 96.1 cm³/mol. The Balaban J connectivity index is 1.80. The second-order valence-electron chi connectivity index (χ2n) is 5.50. The van der Waals surface area contributed by atoms with Crippen LogP contribution in [0.2, 0.25) is 0 Å². The zero-order chi connectivity index (χ0) is 18.0. The van der Waals surface area contributed by atoms with E-state index in [0.717, 1.165) is 5.69 Å². The highest BCUT2D eigenvalue weighted by atomic mass is 32.2. The normalized spacial score (nSPS) is 10.8. The minimum atomic E-state index is -0.265. The molecule has 0 fully saturated rings. The molecule has 0 unspecified atom stereocenters. The molecule has 0 saturated carbocycles. The average Bonchev–Trinajstić information content (AvgIpc) is 3.10. The lowest BCUT2D eigenvalue weighted by Gasteiger charge is -2.07. The number of nitrogens with one attached hydrogen (secondary N) is 1. The highest BCUT2D eigenvalue weighted by Crippen LogP contribution is 2.16. The summed E-state index contributed by atoms with van der Waals surface area (Å²) in [7, 11) is 3.59. The topological polar surface area (TPSA) is 86.7 Å². The molecule has 0 radical (unpaired) electrons. The summed E-state index contributed by atoms with van der Waals surface area (Å²) in [6, 6.07) is 9.29. The van der Waals surface area contributed by atoms with Gasteiger partial charge in [0.1, 0.15) is 12.0 Å². The second-order valence-corrected chi connectivity index (χ2v) is 6.44. The molecular formula is C16H18N6O2S. The van der Waals surface area contributed by atoms with Crippen LogP contribution in [-0.2, 0) is 18.9 Å². The van der Waals surface area contributed by atoms with Crippen LogP contribution in [0.3, 0.4) is 0 Å². The van der Waals surface area contributed by atoms with Gasteiger partial charge in [-0.15, -0.1) is 10.2 Å². The molecule has 0 aliphatic rings. The standard InChI is InChI=1S/C16H18N6O2S/c1-11-14(18-13(23)9-25-16-19-17-10-20(16)2)15(24)22(21(11)3)12-7-5-4-6-8-12/h4-8,10H,9H2,1-3H3,(H,18,23). The quantitative estimate of drug-likeness (QED) is 0.696. The first kappa shape index (κ1) is 17.0. The molecule has 0 aliphatic heterocycles. The van der Waals surface area contributed by atoms with Crippen molar-refractivity contribution in [1.82, 2.24) is 24.1 Å². The maximum Gasteiger partial charge on any atom is 0.295 e. The Labute approximate surface area is 148 Å². The van der Waals surface area contributed by atoms with E-state index in [1.54, 1.807) is 36.6 Å². The Hall–Kier alpha value is -2.81. The number of benzene rings is 1. The average molecular weight is 358 g/mol. The lowest BCUT2D eigenvalue weighted by molar-refractivity contribution is -0.113. The van der Waals surface area contributed by atoms with Crippen LogP contribution >= 0.6 is 11.8 Å². The summed E-state index contributed by atoms with van der Waals surface area (Å²) in [5, 5.41) is 11.0. The van der Waals surface area contributed by atoms with Gasteiger partial charge in [0, 0.05) is 14.1 Å². The number of rotatable bonds is 5. The SMILES string of the molecule is Cc1c(NC(=O)CSc2nncn2C)c(=O)n(-c2ccccc2)n1C. The minimum Gasteiger partial charge on any atom is -0.319 e. The smallest absolute Gasteiger partial charge is 0.295 e. The maximum atomic E-state index is 12.7. The molecule has 8 nitrogen and oxygen atoms in total. The van der Waals surface area contributed by atoms with Gasteiger partial charge in [0.05, 0.1) is 17.1 Å². The summed E-state index contributed by atoms with van der Waals surface area (Å²) in [6.45, 7) is 1.80. The molecule has 3 aromatic rings. The van der Waals surface area contributed by atoms with E-state index in [1.807, 2.05) is 30.3 Å². The lowest BCUT2D eigenvalue weighted by Crippen LogP contribution is -2.23. The van der Waals surface area contributed by atoms with E-state index in [2.05, 4.69) is 15.5 Å². The molecule has 3 rings (SSSR count). The van der Waals surface area contributed by atoms with Gasteiger partial charge in [-0.1, -0.05) is 30.0 Å². The molecule has 1 aromatic carbocycles. The van der Waals surface area contributed by atoms with Crippen LogP contribution in [0.4, 0.5) is 5.69 Å². The third-order valence-corrected chi connectivity index (χ3v) is 4.86. The lowest BCUT2D eigenvalue weighted by atomic mass is 10.3. The summed E-state index contributed by atoms with van der Waals surface area (Å²) >= 11 is 1.26. The molecule has 0 aliphatic carbocycles. The van der Waals surface area contributed by atoms with E-state index in [-0.39, 0.29) is 22.9 Å². The monoisotopic (exact) mass is 358 g/mol. The van der Waals surface area contributed by atoms with Gasteiger partial charge in [0.2, 0.25) is 5.91 Å². The highest BCUT2D eigenvalue weighted by molar-refractivity contribution is 7.99. The van der Waals surface area contributed by atoms with Crippen LogP contribution in [0.1, 0.15) is 5.69 Å². The van der Waals surface area contributed by atoms with E-state index in [9.17, 15) is 9.59 Å². The molecule has 2 aromatic heterocycles. The second kappa shape index (κ2) is 6.98. The number of nitrogens with zero attached hydrogens (tertiary/aromatic N) is 5. The van der Waals surface area contributed by atoms with Crippen molar-refractivity contribution in [2.75, 3.05) is 11.1 Å². The van der Waals surface area contributed by atoms with E-state index in [4.69, 9.17) is 0 Å². The van der Waals surface area contributed by atoms with E-state index in [0.29, 0.717) is 10.9 Å². The number of thioether (sulfide) groups is 1. The Kier molecular flexibility index (Phi) is 4.75. The molecular weight excluding hydrogens is 340 g/mol. The number of carbonyl (C=O) groups excluding carboxylic acids is 1. The van der Waals surface area contributed by atoms with Gasteiger partial charge in [0.25, 0.3) is 5.56 Å². The maximum absolute atomic E-state index is 12.7. The number of aryl methyl sites for hydroxylation is 1. The molecule has 9 heteroatoms. The third-order valence-electron chi connectivity index (χ3n) is 3.82. The fraction of sp³-hybridized carbons (Fsp3) is 0.250. The van der Waals surface area contributed by atoms with Crippen molar-refractivity contribution in [3.8, 4) is 5.69 Å².